The number of nitrogens with one attached hydrogen (secondary N) is 2. The monoisotopic (exact) mass is 475 g/mol. The van der Waals surface area contributed by atoms with Crippen LogP contribution in [0.1, 0.15) is 5.56 Å². The molecule has 3 aromatic rings. The molecule has 3 rings (SSSR count). The Kier molecular flexibility index (Phi) is 8.75. The quantitative estimate of drug-likeness (QED) is 0.250. The molecule has 2 aromatic carbocycles. The SMILES string of the molecule is COc1cc(Nc2ncc([N+](=O)[O-])c(Nc3ccccc3CC=O)n2)cc(OC)c1OC.Cl. The van der Waals surface area contributed by atoms with Gasteiger partial charge in [0.15, 0.2) is 11.5 Å². The molecule has 0 unspecified atom stereocenters. The molecule has 0 fully saturated rings. The molecule has 0 aliphatic carbocycles. The molecule has 0 amide bonds. The molecule has 0 atom stereocenters. The van der Waals surface area contributed by atoms with Gasteiger partial charge in [0.1, 0.15) is 12.5 Å². The molecule has 1 heterocycles. The second-order valence-electron chi connectivity index (χ2n) is 6.38. The predicted octanol–water partition coefficient (Wildman–Crippen LogP) is 4.06. The Balaban J connectivity index is 0.00000385. The smallest absolute Gasteiger partial charge is 0.329 e. The highest BCUT2D eigenvalue weighted by molar-refractivity contribution is 5.85. The zero-order valence-electron chi connectivity index (χ0n) is 18.0. The Morgan fingerprint density at radius 2 is 1.73 bits per heavy atom. The molecule has 0 spiro atoms. The summed E-state index contributed by atoms with van der Waals surface area (Å²) in [7, 11) is 4.47. The fraction of sp³-hybridized carbons (Fsp3) is 0.190. The third-order valence-electron chi connectivity index (χ3n) is 4.46. The highest BCUT2D eigenvalue weighted by Gasteiger charge is 2.20. The number of anilines is 4. The van der Waals surface area contributed by atoms with Gasteiger partial charge in [-0.2, -0.15) is 4.98 Å². The van der Waals surface area contributed by atoms with Crippen LogP contribution in [0, 0.1) is 10.1 Å². The van der Waals surface area contributed by atoms with Gasteiger partial charge in [-0.15, -0.1) is 12.4 Å². The number of carbonyl (C=O) groups is 1. The van der Waals surface area contributed by atoms with Crippen molar-refractivity contribution in [2.24, 2.45) is 0 Å². The standard InChI is InChI=1S/C21H21N5O6.ClH/c1-30-17-10-14(11-18(31-2)19(17)32-3)23-21-22-12-16(26(28)29)20(25-21)24-15-7-5-4-6-13(15)8-9-27;/h4-7,9-12H,8H2,1-3H3,(H2,22,23,24,25);1H. The van der Waals surface area contributed by atoms with Crippen LogP contribution in [0.25, 0.3) is 0 Å². The minimum atomic E-state index is -0.589. The summed E-state index contributed by atoms with van der Waals surface area (Å²) >= 11 is 0. The van der Waals surface area contributed by atoms with E-state index in [4.69, 9.17) is 14.2 Å². The fourth-order valence-electron chi connectivity index (χ4n) is 2.98. The number of nitro groups is 1. The summed E-state index contributed by atoms with van der Waals surface area (Å²) in [6.07, 6.45) is 2.00. The maximum atomic E-state index is 11.5. The lowest BCUT2D eigenvalue weighted by molar-refractivity contribution is -0.384. The van der Waals surface area contributed by atoms with Crippen LogP contribution in [0.2, 0.25) is 0 Å². The van der Waals surface area contributed by atoms with Crippen LogP contribution in [-0.2, 0) is 11.2 Å². The molecule has 12 heteroatoms. The van der Waals surface area contributed by atoms with Gasteiger partial charge in [0.2, 0.25) is 17.5 Å². The molecule has 0 saturated carbocycles. The molecular weight excluding hydrogens is 454 g/mol. The summed E-state index contributed by atoms with van der Waals surface area (Å²) in [6.45, 7) is 0. The van der Waals surface area contributed by atoms with Gasteiger partial charge in [0.05, 0.1) is 26.3 Å². The van der Waals surface area contributed by atoms with Crippen molar-refractivity contribution in [3.05, 3.63) is 58.3 Å². The van der Waals surface area contributed by atoms with Crippen molar-refractivity contribution in [1.29, 1.82) is 0 Å². The molecule has 11 nitrogen and oxygen atoms in total. The third-order valence-corrected chi connectivity index (χ3v) is 4.46. The van der Waals surface area contributed by atoms with E-state index in [0.29, 0.717) is 34.2 Å². The van der Waals surface area contributed by atoms with E-state index in [1.54, 1.807) is 36.4 Å². The largest absolute Gasteiger partial charge is 0.493 e. The van der Waals surface area contributed by atoms with Gasteiger partial charge >= 0.3 is 5.69 Å². The van der Waals surface area contributed by atoms with Crippen molar-refractivity contribution >= 4 is 47.5 Å². The lowest BCUT2D eigenvalue weighted by atomic mass is 10.1. The van der Waals surface area contributed by atoms with Gasteiger partial charge in [0, 0.05) is 29.9 Å². The maximum absolute atomic E-state index is 11.5. The summed E-state index contributed by atoms with van der Waals surface area (Å²) in [4.78, 5) is 30.2. The van der Waals surface area contributed by atoms with E-state index in [0.717, 1.165) is 12.5 Å². The number of halogens is 1. The summed E-state index contributed by atoms with van der Waals surface area (Å²) in [5.41, 5.74) is 1.40. The Bertz CT molecular complexity index is 1120. The first-order valence-electron chi connectivity index (χ1n) is 9.37. The number of aromatic nitrogens is 2. The molecule has 0 bridgehead atoms. The third kappa shape index (κ3) is 5.77. The summed E-state index contributed by atoms with van der Waals surface area (Å²) in [5, 5.41) is 17.4. The molecular formula is C21H22ClN5O6. The van der Waals surface area contributed by atoms with Gasteiger partial charge in [-0.3, -0.25) is 10.1 Å². The Hall–Kier alpha value is -4.12. The van der Waals surface area contributed by atoms with Crippen LogP contribution in [0.4, 0.5) is 28.8 Å². The highest BCUT2D eigenvalue weighted by Crippen LogP contribution is 2.40. The van der Waals surface area contributed by atoms with Gasteiger partial charge in [-0.25, -0.2) is 4.98 Å². The van der Waals surface area contributed by atoms with Crippen molar-refractivity contribution in [3.63, 3.8) is 0 Å². The first-order valence-corrected chi connectivity index (χ1v) is 9.37. The number of carbonyl (C=O) groups excluding carboxylic acids is 1. The van der Waals surface area contributed by atoms with Gasteiger partial charge < -0.3 is 29.6 Å². The van der Waals surface area contributed by atoms with Crippen molar-refractivity contribution in [3.8, 4) is 17.2 Å². The van der Waals surface area contributed by atoms with Gasteiger partial charge in [-0.1, -0.05) is 18.2 Å². The molecule has 2 N–H and O–H groups in total. The van der Waals surface area contributed by atoms with Crippen LogP contribution in [-0.4, -0.2) is 42.5 Å². The number of methoxy groups -OCH3 is 3. The molecule has 174 valence electrons. The topological polar surface area (TPSA) is 138 Å². The number of benzene rings is 2. The Morgan fingerprint density at radius 1 is 1.06 bits per heavy atom. The van der Waals surface area contributed by atoms with Crippen molar-refractivity contribution in [2.75, 3.05) is 32.0 Å². The molecule has 0 radical (unpaired) electrons. The number of hydrogen-bond acceptors (Lipinski definition) is 10. The van der Waals surface area contributed by atoms with E-state index in [1.165, 1.54) is 21.3 Å². The number of aldehydes is 1. The average Bonchev–Trinajstić information content (AvgIpc) is 2.79. The van der Waals surface area contributed by atoms with Crippen LogP contribution in [0.3, 0.4) is 0 Å². The lowest BCUT2D eigenvalue weighted by Gasteiger charge is -2.15. The van der Waals surface area contributed by atoms with Crippen LogP contribution in [0.5, 0.6) is 17.2 Å². The molecule has 0 aliphatic rings. The van der Waals surface area contributed by atoms with Gasteiger partial charge in [-0.05, 0) is 11.6 Å². The van der Waals surface area contributed by atoms with E-state index in [1.807, 2.05) is 0 Å². The van der Waals surface area contributed by atoms with E-state index < -0.39 is 4.92 Å². The lowest BCUT2D eigenvalue weighted by Crippen LogP contribution is -2.06. The molecule has 0 aliphatic heterocycles. The summed E-state index contributed by atoms with van der Waals surface area (Å²) in [6, 6.07) is 10.3. The summed E-state index contributed by atoms with van der Waals surface area (Å²) in [5.74, 6) is 1.31. The zero-order valence-corrected chi connectivity index (χ0v) is 18.8. The number of nitrogens with zero attached hydrogens (tertiary/aromatic N) is 3. The second kappa shape index (κ2) is 11.5. The minimum absolute atomic E-state index is 0. The van der Waals surface area contributed by atoms with E-state index in [-0.39, 0.29) is 36.3 Å². The van der Waals surface area contributed by atoms with Crippen LogP contribution in [0.15, 0.2) is 42.6 Å². The first kappa shape index (κ1) is 25.1. The van der Waals surface area contributed by atoms with Crippen LogP contribution >= 0.6 is 12.4 Å². The average molecular weight is 476 g/mol. The fourth-order valence-corrected chi connectivity index (χ4v) is 2.98. The number of ether oxygens (including phenoxy) is 3. The number of para-hydroxylation sites is 1. The van der Waals surface area contributed by atoms with E-state index >= 15 is 0 Å². The van der Waals surface area contributed by atoms with Crippen molar-refractivity contribution in [2.45, 2.75) is 6.42 Å². The predicted molar refractivity (Wildman–Crippen MR) is 125 cm³/mol. The van der Waals surface area contributed by atoms with Crippen molar-refractivity contribution < 1.29 is 23.9 Å². The normalized spacial score (nSPS) is 9.91. The van der Waals surface area contributed by atoms with Crippen molar-refractivity contribution in [1.82, 2.24) is 9.97 Å². The van der Waals surface area contributed by atoms with Crippen LogP contribution < -0.4 is 24.8 Å². The zero-order chi connectivity index (χ0) is 23.1. The van der Waals surface area contributed by atoms with E-state index in [2.05, 4.69) is 20.6 Å². The van der Waals surface area contributed by atoms with E-state index in [9.17, 15) is 14.9 Å². The Morgan fingerprint density at radius 3 is 2.30 bits per heavy atom. The molecule has 1 aromatic heterocycles. The maximum Gasteiger partial charge on any atom is 0.329 e. The number of hydrogen-bond donors (Lipinski definition) is 2. The summed E-state index contributed by atoms with van der Waals surface area (Å²) < 4.78 is 16.0. The van der Waals surface area contributed by atoms with Gasteiger partial charge in [0.25, 0.3) is 0 Å². The first-order chi connectivity index (χ1) is 15.5. The Labute approximate surface area is 195 Å². The minimum Gasteiger partial charge on any atom is -0.493 e. The molecule has 33 heavy (non-hydrogen) atoms. The second-order valence-corrected chi connectivity index (χ2v) is 6.38. The molecule has 0 saturated heterocycles. The highest BCUT2D eigenvalue weighted by atomic mass is 35.5. The number of rotatable bonds is 10.